The number of alkyl halides is 2. The molecule has 0 saturated carbocycles. The molecule has 10 nitrogen and oxygen atoms in total. The topological polar surface area (TPSA) is 132 Å². The number of nitrogens with one attached hydrogen (secondary N) is 1. The van der Waals surface area contributed by atoms with Crippen LogP contribution >= 0.6 is 0 Å². The van der Waals surface area contributed by atoms with Gasteiger partial charge >= 0.3 is 17.7 Å². The number of hydrogen-bond donors (Lipinski definition) is 3. The highest BCUT2D eigenvalue weighted by Gasteiger charge is 2.59. The maximum Gasteiger partial charge on any atom is 0.418 e. The molecule has 12 heteroatoms. The van der Waals surface area contributed by atoms with Crippen LogP contribution in [-0.4, -0.2) is 57.7 Å². The van der Waals surface area contributed by atoms with E-state index in [9.17, 15) is 23.5 Å². The van der Waals surface area contributed by atoms with Crippen LogP contribution < -0.4 is 20.5 Å². The standard InChI is InChI=1S/C17H17F2N3O7/c1-27-9-2-4-10(5-3-9)28-16(26)21-12-6-7-22(15(25)20-12)14-17(18,19)13(24)11(8-23)29-14/h2-7,11,13-14,23-24H,8H2,1H3,(H,20,21,25,26)/t11-,13-,14-/m1/s1. The average molecular weight is 413 g/mol. The number of hydrogen-bond acceptors (Lipinski definition) is 8. The van der Waals surface area contributed by atoms with Gasteiger partial charge in [0.2, 0.25) is 6.23 Å². The second kappa shape index (κ2) is 8.11. The summed E-state index contributed by atoms with van der Waals surface area (Å²) in [5.74, 6) is -3.33. The van der Waals surface area contributed by atoms with Crippen LogP contribution in [0.3, 0.4) is 0 Å². The first-order valence-electron chi connectivity index (χ1n) is 8.30. The molecule has 0 spiro atoms. The largest absolute Gasteiger partial charge is 0.497 e. The third-order valence-corrected chi connectivity index (χ3v) is 4.14. The molecule has 3 atom stereocenters. The summed E-state index contributed by atoms with van der Waals surface area (Å²) in [5.41, 5.74) is -1.16. The highest BCUT2D eigenvalue weighted by atomic mass is 19.3. The molecule has 1 aromatic carbocycles. The third-order valence-electron chi connectivity index (χ3n) is 4.14. The summed E-state index contributed by atoms with van der Waals surface area (Å²) >= 11 is 0. The van der Waals surface area contributed by atoms with Crippen molar-refractivity contribution in [1.29, 1.82) is 0 Å². The maximum atomic E-state index is 14.1. The van der Waals surface area contributed by atoms with Crippen LogP contribution in [0.2, 0.25) is 0 Å². The number of carbonyl (C=O) groups is 1. The molecule has 1 aliphatic rings. The Morgan fingerprint density at radius 3 is 2.52 bits per heavy atom. The zero-order valence-electron chi connectivity index (χ0n) is 15.0. The van der Waals surface area contributed by atoms with Crippen molar-refractivity contribution in [3.63, 3.8) is 0 Å². The number of nitrogens with zero attached hydrogens (tertiary/aromatic N) is 2. The molecule has 0 unspecified atom stereocenters. The number of amides is 1. The summed E-state index contributed by atoms with van der Waals surface area (Å²) in [6.45, 7) is -0.855. The number of methoxy groups -OCH3 is 1. The molecule has 0 radical (unpaired) electrons. The summed E-state index contributed by atoms with van der Waals surface area (Å²) in [4.78, 5) is 27.5. The van der Waals surface area contributed by atoms with E-state index in [4.69, 9.17) is 19.3 Å². The van der Waals surface area contributed by atoms with Gasteiger partial charge in [0.15, 0.2) is 6.10 Å². The van der Waals surface area contributed by atoms with Gasteiger partial charge in [0.25, 0.3) is 0 Å². The molecule has 1 fully saturated rings. The molecule has 156 valence electrons. The Balaban J connectivity index is 1.71. The molecular weight excluding hydrogens is 396 g/mol. The van der Waals surface area contributed by atoms with Crippen molar-refractivity contribution in [2.24, 2.45) is 0 Å². The molecule has 1 aliphatic heterocycles. The number of benzene rings is 1. The molecule has 3 rings (SSSR count). The van der Waals surface area contributed by atoms with Crippen molar-refractivity contribution in [2.75, 3.05) is 19.0 Å². The molecule has 3 N–H and O–H groups in total. The number of carbonyl (C=O) groups excluding carboxylic acids is 1. The number of aromatic nitrogens is 2. The first-order valence-corrected chi connectivity index (χ1v) is 8.30. The van der Waals surface area contributed by atoms with Gasteiger partial charge in [-0.25, -0.2) is 9.59 Å². The van der Waals surface area contributed by atoms with Crippen molar-refractivity contribution in [2.45, 2.75) is 24.4 Å². The van der Waals surface area contributed by atoms with Crippen LogP contribution in [0.5, 0.6) is 11.5 Å². The Kier molecular flexibility index (Phi) is 5.77. The quantitative estimate of drug-likeness (QED) is 0.654. The fraction of sp³-hybridized carbons (Fsp3) is 0.353. The van der Waals surface area contributed by atoms with E-state index in [1.54, 1.807) is 12.1 Å². The van der Waals surface area contributed by atoms with Gasteiger partial charge < -0.3 is 24.4 Å². The van der Waals surface area contributed by atoms with Crippen LogP contribution in [0, 0.1) is 0 Å². The summed E-state index contributed by atoms with van der Waals surface area (Å²) in [5, 5.41) is 20.7. The predicted molar refractivity (Wildman–Crippen MR) is 93.1 cm³/mol. The van der Waals surface area contributed by atoms with Crippen LogP contribution in [-0.2, 0) is 4.74 Å². The van der Waals surface area contributed by atoms with E-state index in [1.165, 1.54) is 19.2 Å². The Hall–Kier alpha value is -3.09. The van der Waals surface area contributed by atoms with E-state index in [0.29, 0.717) is 10.3 Å². The summed E-state index contributed by atoms with van der Waals surface area (Å²) in [7, 11) is 1.48. The van der Waals surface area contributed by atoms with E-state index in [0.717, 1.165) is 12.3 Å². The highest BCUT2D eigenvalue weighted by Crippen LogP contribution is 2.41. The SMILES string of the molecule is COc1ccc(OC(=O)Nc2ccn([C@@H]3O[C@H](CO)[C@@H](O)C3(F)F)c(=O)n2)cc1. The lowest BCUT2D eigenvalue weighted by molar-refractivity contribution is -0.140. The average Bonchev–Trinajstić information content (AvgIpc) is 2.92. The minimum Gasteiger partial charge on any atom is -0.497 e. The molecule has 1 aromatic heterocycles. The summed E-state index contributed by atoms with van der Waals surface area (Å²) < 4.78 is 43.6. The summed E-state index contributed by atoms with van der Waals surface area (Å²) in [6, 6.07) is 7.17. The van der Waals surface area contributed by atoms with Crippen molar-refractivity contribution in [3.8, 4) is 11.5 Å². The highest BCUT2D eigenvalue weighted by molar-refractivity contribution is 5.84. The van der Waals surface area contributed by atoms with Gasteiger partial charge in [-0.2, -0.15) is 13.8 Å². The van der Waals surface area contributed by atoms with Crippen molar-refractivity contribution in [1.82, 2.24) is 9.55 Å². The van der Waals surface area contributed by atoms with Crippen LogP contribution in [0.1, 0.15) is 6.23 Å². The van der Waals surface area contributed by atoms with Gasteiger partial charge in [-0.3, -0.25) is 9.88 Å². The predicted octanol–water partition coefficient (Wildman–Crippen LogP) is 0.749. The zero-order valence-corrected chi connectivity index (χ0v) is 15.0. The molecule has 0 aliphatic carbocycles. The van der Waals surface area contributed by atoms with Gasteiger partial charge in [0.1, 0.15) is 23.4 Å². The molecular formula is C17H17F2N3O7. The number of aliphatic hydroxyl groups excluding tert-OH is 2. The number of ether oxygens (including phenoxy) is 3. The second-order valence-corrected chi connectivity index (χ2v) is 6.02. The van der Waals surface area contributed by atoms with Crippen LogP contribution in [0.25, 0.3) is 0 Å². The van der Waals surface area contributed by atoms with E-state index in [1.807, 2.05) is 0 Å². The lowest BCUT2D eigenvalue weighted by Crippen LogP contribution is -2.41. The lowest BCUT2D eigenvalue weighted by atomic mass is 10.1. The number of rotatable bonds is 5. The zero-order chi connectivity index (χ0) is 21.2. The minimum atomic E-state index is -3.83. The molecule has 2 aromatic rings. The molecule has 29 heavy (non-hydrogen) atoms. The van der Waals surface area contributed by atoms with Crippen molar-refractivity contribution >= 4 is 11.9 Å². The fourth-order valence-electron chi connectivity index (χ4n) is 2.66. The maximum absolute atomic E-state index is 14.1. The number of aliphatic hydroxyl groups is 2. The first-order chi connectivity index (χ1) is 13.8. The van der Waals surface area contributed by atoms with Gasteiger partial charge in [-0.05, 0) is 30.3 Å². The second-order valence-electron chi connectivity index (χ2n) is 6.02. The smallest absolute Gasteiger partial charge is 0.418 e. The molecule has 0 bridgehead atoms. The Morgan fingerprint density at radius 2 is 1.97 bits per heavy atom. The molecule has 1 saturated heterocycles. The Labute approximate surface area is 162 Å². The molecule has 1 amide bonds. The van der Waals surface area contributed by atoms with E-state index >= 15 is 0 Å². The Morgan fingerprint density at radius 1 is 1.31 bits per heavy atom. The van der Waals surface area contributed by atoms with Gasteiger partial charge in [-0.1, -0.05) is 0 Å². The normalized spacial score (nSPS) is 22.9. The fourth-order valence-corrected chi connectivity index (χ4v) is 2.66. The van der Waals surface area contributed by atoms with E-state index in [-0.39, 0.29) is 11.6 Å². The Bertz CT molecular complexity index is 935. The van der Waals surface area contributed by atoms with E-state index < -0.39 is 42.7 Å². The minimum absolute atomic E-state index is 0.194. The van der Waals surface area contributed by atoms with Gasteiger partial charge in [0, 0.05) is 6.20 Å². The van der Waals surface area contributed by atoms with Crippen LogP contribution in [0.15, 0.2) is 41.3 Å². The van der Waals surface area contributed by atoms with Crippen LogP contribution in [0.4, 0.5) is 19.4 Å². The number of halogens is 2. The third kappa shape index (κ3) is 4.18. The molecule has 2 heterocycles. The first kappa shape index (κ1) is 20.6. The lowest BCUT2D eigenvalue weighted by Gasteiger charge is -2.21. The van der Waals surface area contributed by atoms with Crippen molar-refractivity contribution in [3.05, 3.63) is 47.0 Å². The van der Waals surface area contributed by atoms with E-state index in [2.05, 4.69) is 10.3 Å². The monoisotopic (exact) mass is 413 g/mol. The van der Waals surface area contributed by atoms with Crippen molar-refractivity contribution < 1.29 is 38.0 Å². The summed E-state index contributed by atoms with van der Waals surface area (Å²) in [6.07, 6.45) is -6.04. The van der Waals surface area contributed by atoms with Gasteiger partial charge in [-0.15, -0.1) is 0 Å². The van der Waals surface area contributed by atoms with Gasteiger partial charge in [0.05, 0.1) is 13.7 Å². The number of anilines is 1.